The van der Waals surface area contributed by atoms with E-state index in [1.165, 1.54) is 21.9 Å². The molecule has 0 bridgehead atoms. The summed E-state index contributed by atoms with van der Waals surface area (Å²) in [5.74, 6) is 0. The molecule has 0 unspecified atom stereocenters. The maximum absolute atomic E-state index is 4.78. The van der Waals surface area contributed by atoms with Crippen LogP contribution in [-0.2, 0) is 0 Å². The Balaban J connectivity index is 1.62. The minimum atomic E-state index is 0.256. The van der Waals surface area contributed by atoms with E-state index in [2.05, 4.69) is 83.9 Å². The molecular weight excluding hydrogens is 347 g/mol. The molecule has 3 aromatic carbocycles. The van der Waals surface area contributed by atoms with E-state index in [1.54, 1.807) is 0 Å². The first-order valence-electron chi connectivity index (χ1n) is 7.56. The van der Waals surface area contributed by atoms with E-state index in [0.717, 1.165) is 16.1 Å². The van der Waals surface area contributed by atoms with Crippen LogP contribution in [0, 0.1) is 6.92 Å². The van der Waals surface area contributed by atoms with Crippen LogP contribution in [0.4, 0.5) is 10.4 Å². The fourth-order valence-electron chi connectivity index (χ4n) is 2.57. The van der Waals surface area contributed by atoms with Gasteiger partial charge in [0.1, 0.15) is 0 Å². The van der Waals surface area contributed by atoms with E-state index in [-0.39, 0.29) is 14.5 Å². The van der Waals surface area contributed by atoms with Crippen LogP contribution in [0.25, 0.3) is 22.0 Å². The van der Waals surface area contributed by atoms with Gasteiger partial charge in [-0.2, -0.15) is 0 Å². The molecule has 0 saturated heterocycles. The molecule has 0 saturated carbocycles. The van der Waals surface area contributed by atoms with Crippen LogP contribution in [0.5, 0.6) is 0 Å². The SMILES string of the molecule is Cc1ccc(Nc2nc(-c3ccc4ccccc4c3)c[se]2)cc1. The third kappa shape index (κ3) is 3.07. The molecule has 1 heterocycles. The van der Waals surface area contributed by atoms with Crippen LogP contribution < -0.4 is 5.32 Å². The van der Waals surface area contributed by atoms with Gasteiger partial charge in [0.25, 0.3) is 0 Å². The quantitative estimate of drug-likeness (QED) is 0.518. The molecule has 4 rings (SSSR count). The summed E-state index contributed by atoms with van der Waals surface area (Å²) in [6, 6.07) is 23.4. The number of benzene rings is 3. The first-order chi connectivity index (χ1) is 11.3. The number of nitrogens with zero attached hydrogens (tertiary/aromatic N) is 1. The monoisotopic (exact) mass is 364 g/mol. The molecular formula is C20H16N2Se. The molecule has 3 heteroatoms. The second-order valence-electron chi connectivity index (χ2n) is 5.59. The topological polar surface area (TPSA) is 24.9 Å². The Morgan fingerprint density at radius 2 is 1.65 bits per heavy atom. The standard InChI is InChI=1S/C20H16N2Se/c1-14-6-10-18(11-7-14)21-20-22-19(13-23-20)17-9-8-15-4-2-3-5-16(15)12-17/h2-13H,1H3,(H,21,22). The van der Waals surface area contributed by atoms with Gasteiger partial charge in [-0.1, -0.05) is 0 Å². The average Bonchev–Trinajstić information content (AvgIpc) is 3.05. The maximum atomic E-state index is 4.78. The third-order valence-electron chi connectivity index (χ3n) is 3.85. The normalized spacial score (nSPS) is 10.8. The summed E-state index contributed by atoms with van der Waals surface area (Å²) >= 11 is 0.256. The van der Waals surface area contributed by atoms with Gasteiger partial charge in [-0.15, -0.1) is 0 Å². The Kier molecular flexibility index (Phi) is 3.74. The fourth-order valence-corrected chi connectivity index (χ4v) is 4.13. The average molecular weight is 363 g/mol. The van der Waals surface area contributed by atoms with Crippen molar-refractivity contribution in [3.8, 4) is 11.3 Å². The second kappa shape index (κ2) is 6.04. The zero-order valence-corrected chi connectivity index (χ0v) is 14.5. The number of aromatic nitrogens is 1. The van der Waals surface area contributed by atoms with Gasteiger partial charge in [-0.05, 0) is 0 Å². The van der Waals surface area contributed by atoms with Gasteiger partial charge in [0.2, 0.25) is 0 Å². The van der Waals surface area contributed by atoms with E-state index in [4.69, 9.17) is 4.98 Å². The molecule has 1 N–H and O–H groups in total. The number of rotatable bonds is 3. The predicted octanol–water partition coefficient (Wildman–Crippen LogP) is 5.01. The van der Waals surface area contributed by atoms with Gasteiger partial charge in [0.15, 0.2) is 0 Å². The molecule has 4 aromatic rings. The van der Waals surface area contributed by atoms with Crippen LogP contribution >= 0.6 is 0 Å². The molecule has 0 spiro atoms. The number of nitrogens with one attached hydrogen (secondary N) is 1. The summed E-state index contributed by atoms with van der Waals surface area (Å²) < 4.78 is 1.06. The molecule has 23 heavy (non-hydrogen) atoms. The van der Waals surface area contributed by atoms with E-state index in [1.807, 2.05) is 0 Å². The third-order valence-corrected chi connectivity index (χ3v) is 5.44. The van der Waals surface area contributed by atoms with Crippen molar-refractivity contribution >= 4 is 35.7 Å². The van der Waals surface area contributed by atoms with E-state index < -0.39 is 0 Å². The number of hydrogen-bond donors (Lipinski definition) is 1. The Morgan fingerprint density at radius 1 is 0.870 bits per heavy atom. The summed E-state index contributed by atoms with van der Waals surface area (Å²) in [4.78, 5) is 7.02. The molecule has 0 aliphatic carbocycles. The summed E-state index contributed by atoms with van der Waals surface area (Å²) in [5.41, 5.74) is 4.63. The number of fused-ring (bicyclic) bond motifs is 1. The Bertz CT molecular complexity index is 955. The van der Waals surface area contributed by atoms with Crippen molar-refractivity contribution in [2.24, 2.45) is 0 Å². The van der Waals surface area contributed by atoms with Gasteiger partial charge in [0, 0.05) is 0 Å². The molecule has 0 aliphatic heterocycles. The van der Waals surface area contributed by atoms with Gasteiger partial charge in [-0.3, -0.25) is 0 Å². The van der Waals surface area contributed by atoms with Crippen LogP contribution in [-0.4, -0.2) is 19.5 Å². The van der Waals surface area contributed by atoms with Crippen molar-refractivity contribution in [3.05, 3.63) is 77.2 Å². The van der Waals surface area contributed by atoms with Gasteiger partial charge >= 0.3 is 141 Å². The predicted molar refractivity (Wildman–Crippen MR) is 98.6 cm³/mol. The summed E-state index contributed by atoms with van der Waals surface area (Å²) in [7, 11) is 0. The Labute approximate surface area is 141 Å². The molecule has 112 valence electrons. The van der Waals surface area contributed by atoms with Crippen molar-refractivity contribution in [2.45, 2.75) is 6.92 Å². The zero-order chi connectivity index (χ0) is 15.6. The summed E-state index contributed by atoms with van der Waals surface area (Å²) in [6.07, 6.45) is 0. The van der Waals surface area contributed by atoms with Crippen LogP contribution in [0.2, 0.25) is 0 Å². The molecule has 2 nitrogen and oxygen atoms in total. The molecule has 0 aliphatic rings. The van der Waals surface area contributed by atoms with E-state index in [9.17, 15) is 0 Å². The zero-order valence-electron chi connectivity index (χ0n) is 12.8. The van der Waals surface area contributed by atoms with Crippen LogP contribution in [0.1, 0.15) is 5.56 Å². The van der Waals surface area contributed by atoms with Gasteiger partial charge < -0.3 is 0 Å². The minimum absolute atomic E-state index is 0.256. The van der Waals surface area contributed by atoms with Crippen LogP contribution in [0.15, 0.2) is 71.7 Å². The van der Waals surface area contributed by atoms with E-state index >= 15 is 0 Å². The summed E-state index contributed by atoms with van der Waals surface area (Å²) in [5, 5.41) is 5.95. The molecule has 1 aromatic heterocycles. The Hall–Kier alpha value is -2.35. The molecule has 0 fully saturated rings. The van der Waals surface area contributed by atoms with Crippen LogP contribution in [0.3, 0.4) is 0 Å². The molecule has 0 radical (unpaired) electrons. The molecule has 0 atom stereocenters. The van der Waals surface area contributed by atoms with Gasteiger partial charge in [0.05, 0.1) is 0 Å². The van der Waals surface area contributed by atoms with Crippen molar-refractivity contribution in [2.75, 3.05) is 5.32 Å². The first kappa shape index (κ1) is 14.3. The summed E-state index contributed by atoms with van der Waals surface area (Å²) in [6.45, 7) is 2.10. The van der Waals surface area contributed by atoms with Crippen molar-refractivity contribution in [1.82, 2.24) is 4.98 Å². The van der Waals surface area contributed by atoms with Crippen molar-refractivity contribution in [3.63, 3.8) is 0 Å². The Morgan fingerprint density at radius 3 is 2.48 bits per heavy atom. The molecule has 0 amide bonds. The number of hydrogen-bond acceptors (Lipinski definition) is 2. The van der Waals surface area contributed by atoms with Crippen molar-refractivity contribution < 1.29 is 0 Å². The van der Waals surface area contributed by atoms with E-state index in [0.29, 0.717) is 0 Å². The van der Waals surface area contributed by atoms with Crippen molar-refractivity contribution in [1.29, 1.82) is 0 Å². The fraction of sp³-hybridized carbons (Fsp3) is 0.0500. The number of aryl methyl sites for hydroxylation is 1. The second-order valence-corrected chi connectivity index (χ2v) is 7.39. The van der Waals surface area contributed by atoms with Gasteiger partial charge in [-0.25, -0.2) is 0 Å². The number of anilines is 2. The first-order valence-corrected chi connectivity index (χ1v) is 9.41.